The molecule has 0 aliphatic carbocycles. The summed E-state index contributed by atoms with van der Waals surface area (Å²) in [7, 11) is 0. The van der Waals surface area contributed by atoms with Gasteiger partial charge in [-0.3, -0.25) is 9.69 Å². The molecule has 3 N–H and O–H groups in total. The van der Waals surface area contributed by atoms with E-state index in [0.29, 0.717) is 12.6 Å². The highest BCUT2D eigenvalue weighted by Gasteiger charge is 2.22. The van der Waals surface area contributed by atoms with E-state index < -0.39 is 0 Å². The molecule has 1 unspecified atom stereocenters. The van der Waals surface area contributed by atoms with Crippen molar-refractivity contribution < 1.29 is 4.79 Å². The van der Waals surface area contributed by atoms with E-state index in [4.69, 9.17) is 5.73 Å². The van der Waals surface area contributed by atoms with Crippen LogP contribution >= 0.6 is 24.8 Å². The number of nitrogens with two attached hydrogens (primary N) is 1. The van der Waals surface area contributed by atoms with Gasteiger partial charge in [-0.05, 0) is 30.9 Å². The Hall–Kier alpha value is -0.810. The van der Waals surface area contributed by atoms with E-state index in [9.17, 15) is 4.79 Å². The quantitative estimate of drug-likeness (QED) is 0.846. The van der Waals surface area contributed by atoms with Gasteiger partial charge in [0.15, 0.2) is 0 Å². The minimum Gasteiger partial charge on any atom is -0.353 e. The van der Waals surface area contributed by atoms with Gasteiger partial charge in [-0.25, -0.2) is 0 Å². The normalized spacial score (nSPS) is 16.8. The predicted octanol–water partition coefficient (Wildman–Crippen LogP) is 2.51. The third kappa shape index (κ3) is 6.68. The minimum atomic E-state index is -0.0880. The van der Waals surface area contributed by atoms with E-state index in [1.54, 1.807) is 0 Å². The molecule has 1 saturated heterocycles. The van der Waals surface area contributed by atoms with Crippen LogP contribution in [0.15, 0.2) is 24.3 Å². The third-order valence-corrected chi connectivity index (χ3v) is 4.39. The molecule has 1 aliphatic heterocycles. The number of carbonyl (C=O) groups excluding carboxylic acids is 1. The fraction of sp³-hybridized carbons (Fsp3) is 0.588. The molecule has 0 radical (unpaired) electrons. The van der Waals surface area contributed by atoms with Crippen molar-refractivity contribution in [3.8, 4) is 0 Å². The van der Waals surface area contributed by atoms with Gasteiger partial charge in [0.1, 0.15) is 0 Å². The Morgan fingerprint density at radius 1 is 1.30 bits per heavy atom. The number of rotatable bonds is 5. The lowest BCUT2D eigenvalue weighted by atomic mass is 10.0. The summed E-state index contributed by atoms with van der Waals surface area (Å²) >= 11 is 0. The minimum absolute atomic E-state index is 0. The lowest BCUT2D eigenvalue weighted by molar-refractivity contribution is -0.125. The van der Waals surface area contributed by atoms with Crippen molar-refractivity contribution in [1.29, 1.82) is 0 Å². The summed E-state index contributed by atoms with van der Waals surface area (Å²) in [5.41, 5.74) is 8.28. The molecule has 1 aromatic carbocycles. The second-order valence-corrected chi connectivity index (χ2v) is 6.12. The maximum absolute atomic E-state index is 11.9. The maximum Gasteiger partial charge on any atom is 0.224 e. The largest absolute Gasteiger partial charge is 0.353 e. The lowest BCUT2D eigenvalue weighted by Crippen LogP contribution is -2.46. The van der Waals surface area contributed by atoms with Crippen LogP contribution in [0.5, 0.6) is 0 Å². The summed E-state index contributed by atoms with van der Waals surface area (Å²) in [6, 6.07) is 8.85. The number of carbonyl (C=O) groups is 1. The Morgan fingerprint density at radius 2 is 1.91 bits per heavy atom. The van der Waals surface area contributed by atoms with Gasteiger partial charge in [-0.15, -0.1) is 24.8 Å². The van der Waals surface area contributed by atoms with E-state index in [-0.39, 0.29) is 36.6 Å². The van der Waals surface area contributed by atoms with E-state index >= 15 is 0 Å². The second kappa shape index (κ2) is 10.9. The van der Waals surface area contributed by atoms with Gasteiger partial charge in [0, 0.05) is 38.1 Å². The van der Waals surface area contributed by atoms with Crippen molar-refractivity contribution in [2.45, 2.75) is 39.3 Å². The molecule has 4 nitrogen and oxygen atoms in total. The van der Waals surface area contributed by atoms with Gasteiger partial charge in [-0.1, -0.05) is 31.2 Å². The Bertz CT molecular complexity index is 477. The summed E-state index contributed by atoms with van der Waals surface area (Å²) in [5, 5.41) is 3.12. The number of benzene rings is 1. The van der Waals surface area contributed by atoms with Crippen LogP contribution in [0.2, 0.25) is 0 Å². The third-order valence-electron chi connectivity index (χ3n) is 4.39. The first-order chi connectivity index (χ1) is 10.1. The first-order valence-electron chi connectivity index (χ1n) is 7.87. The summed E-state index contributed by atoms with van der Waals surface area (Å²) in [5.74, 6) is 0.00449. The molecule has 0 bridgehead atoms. The van der Waals surface area contributed by atoms with Crippen LogP contribution in [0, 0.1) is 12.8 Å². The van der Waals surface area contributed by atoms with E-state index in [1.807, 2.05) is 6.92 Å². The number of aryl methyl sites for hydroxylation is 1. The first kappa shape index (κ1) is 22.2. The monoisotopic (exact) mass is 361 g/mol. The van der Waals surface area contributed by atoms with Gasteiger partial charge >= 0.3 is 0 Å². The van der Waals surface area contributed by atoms with Crippen LogP contribution in [0.3, 0.4) is 0 Å². The number of nitrogens with zero attached hydrogens (tertiary/aromatic N) is 1. The molecular weight excluding hydrogens is 333 g/mol. The van der Waals surface area contributed by atoms with E-state index in [2.05, 4.69) is 41.4 Å². The zero-order valence-electron chi connectivity index (χ0n) is 14.0. The Kier molecular flexibility index (Phi) is 10.5. The van der Waals surface area contributed by atoms with Gasteiger partial charge in [0.05, 0.1) is 0 Å². The van der Waals surface area contributed by atoms with Crippen LogP contribution in [-0.4, -0.2) is 36.5 Å². The number of halogens is 2. The number of hydrogen-bond acceptors (Lipinski definition) is 3. The molecule has 0 spiro atoms. The van der Waals surface area contributed by atoms with Crippen molar-refractivity contribution >= 4 is 30.7 Å². The van der Waals surface area contributed by atoms with Crippen LogP contribution in [0.4, 0.5) is 0 Å². The molecule has 23 heavy (non-hydrogen) atoms. The van der Waals surface area contributed by atoms with Gasteiger partial charge in [0.25, 0.3) is 0 Å². The molecule has 1 fully saturated rings. The number of nitrogens with one attached hydrogen (secondary N) is 1. The number of likely N-dealkylation sites (tertiary alicyclic amines) is 1. The van der Waals surface area contributed by atoms with Crippen molar-refractivity contribution in [3.05, 3.63) is 35.4 Å². The van der Waals surface area contributed by atoms with E-state index in [0.717, 1.165) is 32.5 Å². The smallest absolute Gasteiger partial charge is 0.224 e. The fourth-order valence-corrected chi connectivity index (χ4v) is 2.71. The Labute approximate surface area is 152 Å². The molecule has 0 saturated carbocycles. The average Bonchev–Trinajstić information content (AvgIpc) is 2.50. The lowest BCUT2D eigenvalue weighted by Gasteiger charge is -2.33. The Balaban J connectivity index is 0.00000242. The molecule has 1 amide bonds. The molecule has 1 atom stereocenters. The van der Waals surface area contributed by atoms with Crippen molar-refractivity contribution in [3.63, 3.8) is 0 Å². The van der Waals surface area contributed by atoms with Gasteiger partial charge in [-0.2, -0.15) is 0 Å². The molecule has 1 heterocycles. The highest BCUT2D eigenvalue weighted by atomic mass is 35.5. The molecule has 0 aromatic heterocycles. The summed E-state index contributed by atoms with van der Waals surface area (Å²) < 4.78 is 0. The summed E-state index contributed by atoms with van der Waals surface area (Å²) in [4.78, 5) is 14.3. The zero-order chi connectivity index (χ0) is 15.2. The Morgan fingerprint density at radius 3 is 2.48 bits per heavy atom. The van der Waals surface area contributed by atoms with Crippen molar-refractivity contribution in [2.75, 3.05) is 19.6 Å². The van der Waals surface area contributed by atoms with Crippen LogP contribution in [0.25, 0.3) is 0 Å². The first-order valence-corrected chi connectivity index (χ1v) is 7.87. The van der Waals surface area contributed by atoms with Gasteiger partial charge < -0.3 is 11.1 Å². The van der Waals surface area contributed by atoms with Crippen molar-refractivity contribution in [1.82, 2.24) is 10.2 Å². The van der Waals surface area contributed by atoms with Gasteiger partial charge in [0.2, 0.25) is 5.91 Å². The zero-order valence-corrected chi connectivity index (χ0v) is 15.6. The van der Waals surface area contributed by atoms with Crippen molar-refractivity contribution in [2.24, 2.45) is 11.7 Å². The molecule has 1 aromatic rings. The second-order valence-electron chi connectivity index (χ2n) is 6.12. The molecule has 132 valence electrons. The number of piperidine rings is 1. The van der Waals surface area contributed by atoms with E-state index in [1.165, 1.54) is 11.1 Å². The number of hydrogen-bond donors (Lipinski definition) is 2. The predicted molar refractivity (Wildman–Crippen MR) is 100 cm³/mol. The molecule has 1 aliphatic rings. The molecule has 2 rings (SSSR count). The maximum atomic E-state index is 11.9. The SMILES string of the molecule is Cc1ccccc1CN1CCC(NC(=O)C(C)CN)CC1.Cl.Cl. The molecular formula is C17H29Cl2N3O. The highest BCUT2D eigenvalue weighted by molar-refractivity contribution is 5.85. The van der Waals surface area contributed by atoms with Crippen LogP contribution in [-0.2, 0) is 11.3 Å². The van der Waals surface area contributed by atoms with Crippen LogP contribution in [0.1, 0.15) is 30.9 Å². The molecule has 6 heteroatoms. The standard InChI is InChI=1S/C17H27N3O.2ClH/c1-13-5-3-4-6-15(13)12-20-9-7-16(8-10-20)19-17(21)14(2)11-18;;/h3-6,14,16H,7-12,18H2,1-2H3,(H,19,21);2*1H. The highest BCUT2D eigenvalue weighted by Crippen LogP contribution is 2.16. The fourth-order valence-electron chi connectivity index (χ4n) is 2.71. The average molecular weight is 362 g/mol. The summed E-state index contributed by atoms with van der Waals surface area (Å²) in [6.45, 7) is 7.54. The summed E-state index contributed by atoms with van der Waals surface area (Å²) in [6.07, 6.45) is 2.05. The topological polar surface area (TPSA) is 58.4 Å². The van der Waals surface area contributed by atoms with Crippen LogP contribution < -0.4 is 11.1 Å². The number of amides is 1.